The summed E-state index contributed by atoms with van der Waals surface area (Å²) in [5, 5.41) is 3.04. The third kappa shape index (κ3) is 4.91. The minimum Gasteiger partial charge on any atom is -0.483 e. The van der Waals surface area contributed by atoms with Crippen LogP contribution in [0.2, 0.25) is 0 Å². The number of piperidine rings is 1. The highest BCUT2D eigenvalue weighted by Crippen LogP contribution is 2.19. The molecule has 0 unspecified atom stereocenters. The molecule has 0 aromatic heterocycles. The second-order valence-corrected chi connectivity index (χ2v) is 7.20. The van der Waals surface area contributed by atoms with Gasteiger partial charge in [-0.05, 0) is 49.4 Å². The summed E-state index contributed by atoms with van der Waals surface area (Å²) in [7, 11) is 0. The normalized spacial score (nSPS) is 14.6. The molecule has 1 heterocycles. The van der Waals surface area contributed by atoms with E-state index in [0.29, 0.717) is 13.1 Å². The number of hydrogen-bond acceptors (Lipinski definition) is 3. The Morgan fingerprint density at radius 1 is 1.07 bits per heavy atom. The van der Waals surface area contributed by atoms with Crippen molar-refractivity contribution in [2.75, 3.05) is 19.7 Å². The number of nitrogens with one attached hydrogen (secondary N) is 1. The lowest BCUT2D eigenvalue weighted by atomic mass is 10.0. The Hall–Kier alpha value is -2.82. The summed E-state index contributed by atoms with van der Waals surface area (Å²) in [5.74, 6) is 0.718. The number of nitrogens with zero attached hydrogens (tertiary/aromatic N) is 1. The number of aryl methyl sites for hydroxylation is 2. The van der Waals surface area contributed by atoms with Crippen LogP contribution in [0.3, 0.4) is 0 Å². The van der Waals surface area contributed by atoms with Gasteiger partial charge in [-0.25, -0.2) is 0 Å². The maximum absolute atomic E-state index is 12.7. The van der Waals surface area contributed by atoms with E-state index < -0.39 is 0 Å². The van der Waals surface area contributed by atoms with Gasteiger partial charge >= 0.3 is 0 Å². The van der Waals surface area contributed by atoms with Crippen molar-refractivity contribution in [2.45, 2.75) is 39.2 Å². The third-order valence-corrected chi connectivity index (χ3v) is 5.24. The Kier molecular flexibility index (Phi) is 6.69. The molecule has 0 radical (unpaired) electrons. The van der Waals surface area contributed by atoms with Crippen molar-refractivity contribution in [1.29, 1.82) is 0 Å². The maximum atomic E-state index is 12.7. The maximum Gasteiger partial charge on any atom is 0.258 e. The summed E-state index contributed by atoms with van der Waals surface area (Å²) in [6.07, 6.45) is 2.38. The molecule has 1 saturated heterocycles. The Labute approximate surface area is 166 Å². The topological polar surface area (TPSA) is 58.6 Å². The van der Waals surface area contributed by atoms with E-state index in [9.17, 15) is 9.59 Å². The van der Waals surface area contributed by atoms with Gasteiger partial charge in [0.15, 0.2) is 6.61 Å². The molecular formula is C23H28N2O3. The molecule has 0 saturated carbocycles. The van der Waals surface area contributed by atoms with Crippen LogP contribution >= 0.6 is 0 Å². The first-order valence-electron chi connectivity index (χ1n) is 9.93. The van der Waals surface area contributed by atoms with Gasteiger partial charge in [-0.15, -0.1) is 0 Å². The summed E-state index contributed by atoms with van der Waals surface area (Å²) >= 11 is 0. The largest absolute Gasteiger partial charge is 0.483 e. The van der Waals surface area contributed by atoms with Crippen molar-refractivity contribution in [3.63, 3.8) is 0 Å². The van der Waals surface area contributed by atoms with Gasteiger partial charge in [0.05, 0.1) is 0 Å². The van der Waals surface area contributed by atoms with Crippen LogP contribution in [0.15, 0.2) is 48.5 Å². The Morgan fingerprint density at radius 3 is 2.46 bits per heavy atom. The number of carbonyl (C=O) groups is 2. The highest BCUT2D eigenvalue weighted by molar-refractivity contribution is 5.95. The lowest BCUT2D eigenvalue weighted by molar-refractivity contribution is -0.124. The second kappa shape index (κ2) is 9.40. The van der Waals surface area contributed by atoms with Crippen molar-refractivity contribution in [2.24, 2.45) is 0 Å². The number of para-hydroxylation sites is 1. The number of hydrogen-bond donors (Lipinski definition) is 1. The number of carbonyl (C=O) groups excluding carboxylic acids is 2. The van der Waals surface area contributed by atoms with E-state index in [1.54, 1.807) is 0 Å². The van der Waals surface area contributed by atoms with E-state index in [4.69, 9.17) is 4.74 Å². The van der Waals surface area contributed by atoms with Crippen LogP contribution in [0.25, 0.3) is 0 Å². The predicted molar refractivity (Wildman–Crippen MR) is 110 cm³/mol. The SMILES string of the molecule is CCc1ccccc1OCC(=O)NC1CCN(C(=O)c2ccccc2C)CC1. The zero-order valence-electron chi connectivity index (χ0n) is 16.6. The average molecular weight is 380 g/mol. The van der Waals surface area contributed by atoms with Gasteiger partial charge in [-0.3, -0.25) is 9.59 Å². The highest BCUT2D eigenvalue weighted by Gasteiger charge is 2.25. The van der Waals surface area contributed by atoms with Gasteiger partial charge in [0, 0.05) is 24.7 Å². The van der Waals surface area contributed by atoms with Crippen molar-refractivity contribution in [3.05, 3.63) is 65.2 Å². The van der Waals surface area contributed by atoms with Crippen molar-refractivity contribution in [3.8, 4) is 5.75 Å². The van der Waals surface area contributed by atoms with Gasteiger partial charge in [-0.1, -0.05) is 43.3 Å². The van der Waals surface area contributed by atoms with E-state index in [0.717, 1.165) is 41.7 Å². The van der Waals surface area contributed by atoms with Crippen molar-refractivity contribution < 1.29 is 14.3 Å². The molecule has 0 atom stereocenters. The van der Waals surface area contributed by atoms with E-state index in [-0.39, 0.29) is 24.5 Å². The molecule has 5 heteroatoms. The first kappa shape index (κ1) is 19.9. The van der Waals surface area contributed by atoms with E-state index >= 15 is 0 Å². The van der Waals surface area contributed by atoms with Gasteiger partial charge in [0.25, 0.3) is 11.8 Å². The van der Waals surface area contributed by atoms with E-state index in [1.807, 2.05) is 60.4 Å². The van der Waals surface area contributed by atoms with Crippen LogP contribution in [0.1, 0.15) is 41.3 Å². The Balaban J connectivity index is 1.46. The van der Waals surface area contributed by atoms with Gasteiger partial charge < -0.3 is 15.0 Å². The van der Waals surface area contributed by atoms with Crippen LogP contribution in [0, 0.1) is 6.92 Å². The molecular weight excluding hydrogens is 352 g/mol. The molecule has 0 spiro atoms. The predicted octanol–water partition coefficient (Wildman–Crippen LogP) is 3.36. The summed E-state index contributed by atoms with van der Waals surface area (Å²) < 4.78 is 5.69. The summed E-state index contributed by atoms with van der Waals surface area (Å²) in [4.78, 5) is 26.8. The number of ether oxygens (including phenoxy) is 1. The third-order valence-electron chi connectivity index (χ3n) is 5.24. The zero-order valence-corrected chi connectivity index (χ0v) is 16.6. The molecule has 1 N–H and O–H groups in total. The fourth-order valence-corrected chi connectivity index (χ4v) is 3.56. The molecule has 28 heavy (non-hydrogen) atoms. The first-order valence-corrected chi connectivity index (χ1v) is 9.93. The number of amides is 2. The quantitative estimate of drug-likeness (QED) is 0.836. The Bertz CT molecular complexity index is 826. The van der Waals surface area contributed by atoms with Crippen LogP contribution in [-0.4, -0.2) is 42.5 Å². The molecule has 5 nitrogen and oxygen atoms in total. The van der Waals surface area contributed by atoms with Crippen LogP contribution < -0.4 is 10.1 Å². The van der Waals surface area contributed by atoms with E-state index in [1.165, 1.54) is 0 Å². The molecule has 3 rings (SSSR count). The standard InChI is InChI=1S/C23H28N2O3/c1-3-18-9-5-7-11-21(18)28-16-22(26)24-19-12-14-25(15-13-19)23(27)20-10-6-4-8-17(20)2/h4-11,19H,3,12-16H2,1-2H3,(H,24,26). The van der Waals surface area contributed by atoms with Crippen LogP contribution in [0.4, 0.5) is 0 Å². The zero-order chi connectivity index (χ0) is 19.9. The smallest absolute Gasteiger partial charge is 0.258 e. The monoisotopic (exact) mass is 380 g/mol. The number of likely N-dealkylation sites (tertiary alicyclic amines) is 1. The molecule has 2 amide bonds. The van der Waals surface area contributed by atoms with Crippen LogP contribution in [-0.2, 0) is 11.2 Å². The molecule has 0 bridgehead atoms. The van der Waals surface area contributed by atoms with Crippen molar-refractivity contribution in [1.82, 2.24) is 10.2 Å². The second-order valence-electron chi connectivity index (χ2n) is 7.20. The molecule has 2 aromatic carbocycles. The molecule has 148 valence electrons. The summed E-state index contributed by atoms with van der Waals surface area (Å²) in [5.41, 5.74) is 2.85. The minimum absolute atomic E-state index is 0.0133. The van der Waals surface area contributed by atoms with Gasteiger partial charge in [0.1, 0.15) is 5.75 Å². The van der Waals surface area contributed by atoms with Gasteiger partial charge in [-0.2, -0.15) is 0 Å². The summed E-state index contributed by atoms with van der Waals surface area (Å²) in [6, 6.07) is 15.5. The first-order chi connectivity index (χ1) is 13.6. The van der Waals surface area contributed by atoms with E-state index in [2.05, 4.69) is 12.2 Å². The molecule has 1 fully saturated rings. The molecule has 0 aliphatic carbocycles. The average Bonchev–Trinajstić information content (AvgIpc) is 2.73. The molecule has 1 aliphatic rings. The minimum atomic E-state index is -0.116. The number of rotatable bonds is 6. The van der Waals surface area contributed by atoms with Crippen LogP contribution in [0.5, 0.6) is 5.75 Å². The number of benzene rings is 2. The lowest BCUT2D eigenvalue weighted by Crippen LogP contribution is -2.47. The Morgan fingerprint density at radius 2 is 1.75 bits per heavy atom. The lowest BCUT2D eigenvalue weighted by Gasteiger charge is -2.32. The highest BCUT2D eigenvalue weighted by atomic mass is 16.5. The van der Waals surface area contributed by atoms with Gasteiger partial charge in [0.2, 0.25) is 0 Å². The summed E-state index contributed by atoms with van der Waals surface area (Å²) in [6.45, 7) is 5.33. The van der Waals surface area contributed by atoms with Crippen molar-refractivity contribution >= 4 is 11.8 Å². The fourth-order valence-electron chi connectivity index (χ4n) is 3.56. The molecule has 2 aromatic rings. The fraction of sp³-hybridized carbons (Fsp3) is 0.391. The molecule has 1 aliphatic heterocycles.